The monoisotopic (exact) mass is 234 g/mol. The first kappa shape index (κ1) is 12.3. The summed E-state index contributed by atoms with van der Waals surface area (Å²) in [5, 5.41) is 0. The zero-order chi connectivity index (χ0) is 12.1. The summed E-state index contributed by atoms with van der Waals surface area (Å²) in [5.74, 6) is 0.155. The zero-order valence-electron chi connectivity index (χ0n) is 10.1. The van der Waals surface area contributed by atoms with Crippen LogP contribution in [-0.4, -0.2) is 25.3 Å². The number of benzene rings is 1. The zero-order valence-corrected chi connectivity index (χ0v) is 10.1. The van der Waals surface area contributed by atoms with Crippen molar-refractivity contribution in [3.8, 4) is 0 Å². The summed E-state index contributed by atoms with van der Waals surface area (Å²) in [6.45, 7) is 3.49. The normalized spacial score (nSPS) is 17.0. The van der Waals surface area contributed by atoms with Crippen LogP contribution in [0.5, 0.6) is 0 Å². The molecule has 3 nitrogen and oxygen atoms in total. The maximum atomic E-state index is 11.9. The predicted molar refractivity (Wildman–Crippen MR) is 65.1 cm³/mol. The SMILES string of the molecule is Cc1ccc(C(=O)CCC2OCCCO2)cc1. The molecule has 1 aliphatic rings. The van der Waals surface area contributed by atoms with Gasteiger partial charge in [0.05, 0.1) is 13.2 Å². The fraction of sp³-hybridized carbons (Fsp3) is 0.500. The minimum atomic E-state index is -0.196. The van der Waals surface area contributed by atoms with E-state index in [4.69, 9.17) is 9.47 Å². The van der Waals surface area contributed by atoms with Crippen LogP contribution in [0.2, 0.25) is 0 Å². The number of ketones is 1. The molecule has 0 spiro atoms. The van der Waals surface area contributed by atoms with Crippen LogP contribution >= 0.6 is 0 Å². The summed E-state index contributed by atoms with van der Waals surface area (Å²) in [7, 11) is 0. The fourth-order valence-electron chi connectivity index (χ4n) is 1.84. The van der Waals surface area contributed by atoms with Crippen LogP contribution < -0.4 is 0 Å². The highest BCUT2D eigenvalue weighted by Gasteiger charge is 2.16. The smallest absolute Gasteiger partial charge is 0.163 e. The van der Waals surface area contributed by atoms with Crippen LogP contribution in [0.4, 0.5) is 0 Å². The van der Waals surface area contributed by atoms with Gasteiger partial charge in [-0.05, 0) is 13.3 Å². The third-order valence-electron chi connectivity index (χ3n) is 2.88. The average Bonchev–Trinajstić information content (AvgIpc) is 2.38. The van der Waals surface area contributed by atoms with E-state index in [0.717, 1.165) is 25.2 Å². The first-order chi connectivity index (χ1) is 8.25. The minimum absolute atomic E-state index is 0.155. The van der Waals surface area contributed by atoms with E-state index in [2.05, 4.69) is 0 Å². The summed E-state index contributed by atoms with van der Waals surface area (Å²) in [5.41, 5.74) is 1.94. The van der Waals surface area contributed by atoms with E-state index in [1.54, 1.807) is 0 Å². The summed E-state index contributed by atoms with van der Waals surface area (Å²) in [6.07, 6.45) is 1.88. The van der Waals surface area contributed by atoms with Crippen molar-refractivity contribution in [2.75, 3.05) is 13.2 Å². The van der Waals surface area contributed by atoms with Crippen LogP contribution in [-0.2, 0) is 9.47 Å². The minimum Gasteiger partial charge on any atom is -0.353 e. The molecule has 17 heavy (non-hydrogen) atoms. The molecule has 0 radical (unpaired) electrons. The molecule has 0 unspecified atom stereocenters. The number of ether oxygens (including phenoxy) is 2. The molecule has 92 valence electrons. The van der Waals surface area contributed by atoms with Crippen molar-refractivity contribution in [3.63, 3.8) is 0 Å². The molecule has 0 bridgehead atoms. The second-order valence-electron chi connectivity index (χ2n) is 4.35. The molecule has 1 saturated heterocycles. The third-order valence-corrected chi connectivity index (χ3v) is 2.88. The van der Waals surface area contributed by atoms with Crippen molar-refractivity contribution in [1.82, 2.24) is 0 Å². The van der Waals surface area contributed by atoms with E-state index in [9.17, 15) is 4.79 Å². The molecule has 1 fully saturated rings. The molecule has 0 aliphatic carbocycles. The molecule has 1 aromatic rings. The van der Waals surface area contributed by atoms with Crippen LogP contribution in [0, 0.1) is 6.92 Å². The number of Topliss-reactive ketones (excluding diaryl/α,β-unsaturated/α-hetero) is 1. The molecule has 0 atom stereocenters. The molecule has 0 amide bonds. The van der Waals surface area contributed by atoms with Crippen molar-refractivity contribution in [2.45, 2.75) is 32.5 Å². The van der Waals surface area contributed by atoms with Gasteiger partial charge in [-0.2, -0.15) is 0 Å². The van der Waals surface area contributed by atoms with Gasteiger partial charge in [0.1, 0.15) is 0 Å². The molecular formula is C14H18O3. The quantitative estimate of drug-likeness (QED) is 0.751. The molecule has 2 rings (SSSR count). The Morgan fingerprint density at radius 2 is 1.88 bits per heavy atom. The Morgan fingerprint density at radius 3 is 2.53 bits per heavy atom. The molecule has 1 aliphatic heterocycles. The van der Waals surface area contributed by atoms with Crippen LogP contribution in [0.15, 0.2) is 24.3 Å². The predicted octanol–water partition coefficient (Wildman–Crippen LogP) is 2.72. The molecular weight excluding hydrogens is 216 g/mol. The van der Waals surface area contributed by atoms with E-state index in [1.165, 1.54) is 5.56 Å². The van der Waals surface area contributed by atoms with E-state index in [0.29, 0.717) is 12.8 Å². The van der Waals surface area contributed by atoms with E-state index >= 15 is 0 Å². The average molecular weight is 234 g/mol. The van der Waals surface area contributed by atoms with Gasteiger partial charge in [-0.15, -0.1) is 0 Å². The van der Waals surface area contributed by atoms with Gasteiger partial charge >= 0.3 is 0 Å². The first-order valence-corrected chi connectivity index (χ1v) is 6.09. The second-order valence-corrected chi connectivity index (χ2v) is 4.35. The van der Waals surface area contributed by atoms with Gasteiger partial charge in [-0.25, -0.2) is 0 Å². The number of carbonyl (C=O) groups excluding carboxylic acids is 1. The fourth-order valence-corrected chi connectivity index (χ4v) is 1.84. The van der Waals surface area contributed by atoms with Gasteiger partial charge in [-0.3, -0.25) is 4.79 Å². The summed E-state index contributed by atoms with van der Waals surface area (Å²) < 4.78 is 10.8. The maximum Gasteiger partial charge on any atom is 0.163 e. The summed E-state index contributed by atoms with van der Waals surface area (Å²) in [4.78, 5) is 11.9. The van der Waals surface area contributed by atoms with Crippen molar-refractivity contribution in [2.24, 2.45) is 0 Å². The van der Waals surface area contributed by atoms with Gasteiger partial charge in [0.15, 0.2) is 12.1 Å². The van der Waals surface area contributed by atoms with E-state index < -0.39 is 0 Å². The van der Waals surface area contributed by atoms with Gasteiger partial charge in [0.2, 0.25) is 0 Å². The van der Waals surface area contributed by atoms with Gasteiger partial charge in [0.25, 0.3) is 0 Å². The lowest BCUT2D eigenvalue weighted by Crippen LogP contribution is -2.25. The van der Waals surface area contributed by atoms with Gasteiger partial charge in [-0.1, -0.05) is 29.8 Å². The number of hydrogen-bond donors (Lipinski definition) is 0. The van der Waals surface area contributed by atoms with Crippen LogP contribution in [0.25, 0.3) is 0 Å². The maximum absolute atomic E-state index is 11.9. The molecule has 0 saturated carbocycles. The Labute approximate surface area is 102 Å². The van der Waals surface area contributed by atoms with Crippen molar-refractivity contribution in [3.05, 3.63) is 35.4 Å². The lowest BCUT2D eigenvalue weighted by atomic mass is 10.1. The molecule has 1 heterocycles. The number of aryl methyl sites for hydroxylation is 1. The molecule has 1 aromatic carbocycles. The highest BCUT2D eigenvalue weighted by molar-refractivity contribution is 5.96. The molecule has 3 heteroatoms. The Bertz CT molecular complexity index is 364. The number of hydrogen-bond acceptors (Lipinski definition) is 3. The van der Waals surface area contributed by atoms with E-state index in [-0.39, 0.29) is 12.1 Å². The largest absolute Gasteiger partial charge is 0.353 e. The molecule has 0 aromatic heterocycles. The lowest BCUT2D eigenvalue weighted by Gasteiger charge is -2.22. The Hall–Kier alpha value is -1.19. The third kappa shape index (κ3) is 3.65. The number of rotatable bonds is 4. The van der Waals surface area contributed by atoms with Crippen LogP contribution in [0.3, 0.4) is 0 Å². The first-order valence-electron chi connectivity index (χ1n) is 6.09. The Morgan fingerprint density at radius 1 is 1.24 bits per heavy atom. The van der Waals surface area contributed by atoms with Crippen molar-refractivity contribution >= 4 is 5.78 Å². The Kier molecular flexibility index (Phi) is 4.29. The van der Waals surface area contributed by atoms with Crippen molar-refractivity contribution < 1.29 is 14.3 Å². The Balaban J connectivity index is 1.82. The number of carbonyl (C=O) groups is 1. The van der Waals surface area contributed by atoms with E-state index in [1.807, 2.05) is 31.2 Å². The summed E-state index contributed by atoms with van der Waals surface area (Å²) >= 11 is 0. The standard InChI is InChI=1S/C14H18O3/c1-11-3-5-12(6-4-11)13(15)7-8-14-16-9-2-10-17-14/h3-6,14H,2,7-10H2,1H3. The second kappa shape index (κ2) is 5.94. The highest BCUT2D eigenvalue weighted by Crippen LogP contribution is 2.13. The van der Waals surface area contributed by atoms with Crippen LogP contribution in [0.1, 0.15) is 35.2 Å². The molecule has 0 N–H and O–H groups in total. The van der Waals surface area contributed by atoms with Gasteiger partial charge < -0.3 is 9.47 Å². The highest BCUT2D eigenvalue weighted by atomic mass is 16.7. The lowest BCUT2D eigenvalue weighted by molar-refractivity contribution is -0.180. The van der Waals surface area contributed by atoms with Crippen molar-refractivity contribution in [1.29, 1.82) is 0 Å². The summed E-state index contributed by atoms with van der Waals surface area (Å²) in [6, 6.07) is 7.67. The topological polar surface area (TPSA) is 35.5 Å². The van der Waals surface area contributed by atoms with Gasteiger partial charge in [0, 0.05) is 18.4 Å².